The van der Waals surface area contributed by atoms with Gasteiger partial charge in [-0.2, -0.15) is 11.8 Å². The Kier molecular flexibility index (Phi) is 16.5. The molecule has 0 aliphatic rings. The monoisotopic (exact) mass is 114 g/mol. The predicted molar refractivity (Wildman–Crippen MR) is 23.2 cm³/mol. The van der Waals surface area contributed by atoms with Gasteiger partial charge in [0.2, 0.25) is 0 Å². The summed E-state index contributed by atoms with van der Waals surface area (Å²) < 4.78 is 0. The fourth-order valence-electron chi connectivity index (χ4n) is 0.0833. The fraction of sp³-hybridized carbons (Fsp3) is 1.00. The fourth-order valence-corrected chi connectivity index (χ4v) is 0.250. The Labute approximate surface area is 64.8 Å². The maximum atomic E-state index is 9.51. The van der Waals surface area contributed by atoms with Gasteiger partial charge in [0.05, 0.1) is 0 Å². The van der Waals surface area contributed by atoms with Crippen molar-refractivity contribution in [2.75, 3.05) is 18.6 Å². The van der Waals surface area contributed by atoms with Crippen LogP contribution in [0.5, 0.6) is 0 Å². The Hall–Kier alpha value is 1.31. The van der Waals surface area contributed by atoms with Crippen molar-refractivity contribution in [2.24, 2.45) is 0 Å². The zero-order valence-corrected chi connectivity index (χ0v) is 7.05. The molecular weight excluding hydrogens is 107 g/mol. The van der Waals surface area contributed by atoms with Crippen LogP contribution in [0.1, 0.15) is 0 Å². The second-order valence-electron chi connectivity index (χ2n) is 0.697. The normalized spacial score (nSPS) is 7.00. The van der Waals surface area contributed by atoms with Crippen LogP contribution >= 0.6 is 11.8 Å². The van der Waals surface area contributed by atoms with E-state index >= 15 is 0 Å². The smallest absolute Gasteiger partial charge is 0.854 e. The first-order chi connectivity index (χ1) is 2.41. The molecule has 0 bridgehead atoms. The molecule has 0 saturated carbocycles. The van der Waals surface area contributed by atoms with Crippen LogP contribution in [0.4, 0.5) is 0 Å². The molecule has 0 amide bonds. The van der Waals surface area contributed by atoms with E-state index in [0.29, 0.717) is 0 Å². The summed E-state index contributed by atoms with van der Waals surface area (Å²) in [5.41, 5.74) is 0. The molecule has 0 atom stereocenters. The molecule has 32 valence electrons. The average Bonchev–Trinajstić information content (AvgIpc) is 1.41. The zero-order valence-electron chi connectivity index (χ0n) is 4.23. The Balaban J connectivity index is 0. The minimum atomic E-state index is 0. The molecule has 0 N–H and O–H groups in total. The molecule has 0 aliphatic heterocycles. The van der Waals surface area contributed by atoms with Crippen molar-refractivity contribution in [2.45, 2.75) is 0 Å². The van der Waals surface area contributed by atoms with E-state index in [1.807, 2.05) is 6.26 Å². The summed E-state index contributed by atoms with van der Waals surface area (Å²) in [6, 6.07) is 0. The van der Waals surface area contributed by atoms with E-state index in [4.69, 9.17) is 0 Å². The molecule has 0 radical (unpaired) electrons. The molecule has 6 heavy (non-hydrogen) atoms. The first kappa shape index (κ1) is 10.3. The second-order valence-corrected chi connectivity index (χ2v) is 1.68. The van der Waals surface area contributed by atoms with Gasteiger partial charge in [-0.25, -0.2) is 0 Å². The van der Waals surface area contributed by atoms with Gasteiger partial charge < -0.3 is 5.11 Å². The molecule has 0 rings (SSSR count). The maximum Gasteiger partial charge on any atom is 1.00 e. The number of thioether (sulfide) groups is 1. The van der Waals surface area contributed by atoms with Crippen molar-refractivity contribution in [1.82, 2.24) is 0 Å². The quantitative estimate of drug-likeness (QED) is 0.351. The Morgan fingerprint density at radius 2 is 2.17 bits per heavy atom. The summed E-state index contributed by atoms with van der Waals surface area (Å²) in [6.45, 7) is 0.0567. The van der Waals surface area contributed by atoms with Crippen molar-refractivity contribution < 1.29 is 34.7 Å². The molecule has 0 fully saturated rings. The molecule has 0 aromatic rings. The van der Waals surface area contributed by atoms with Crippen molar-refractivity contribution in [3.05, 3.63) is 0 Å². The van der Waals surface area contributed by atoms with Crippen molar-refractivity contribution in [3.63, 3.8) is 0 Å². The van der Waals surface area contributed by atoms with Gasteiger partial charge in [0, 0.05) is 0 Å². The average molecular weight is 114 g/mol. The molecule has 0 aliphatic carbocycles. The first-order valence-corrected chi connectivity index (χ1v) is 2.88. The minimum absolute atomic E-state index is 0. The summed E-state index contributed by atoms with van der Waals surface area (Å²) in [5.74, 6) is 0.750. The van der Waals surface area contributed by atoms with Crippen LogP contribution in [-0.2, 0) is 0 Å². The van der Waals surface area contributed by atoms with Crippen molar-refractivity contribution in [3.8, 4) is 0 Å². The van der Waals surface area contributed by atoms with Crippen LogP contribution < -0.4 is 34.7 Å². The molecular formula is C3H7NaOS. The topological polar surface area (TPSA) is 23.1 Å². The SMILES string of the molecule is CSCC[O-].[Na+]. The largest absolute Gasteiger partial charge is 1.00 e. The number of hydrogen-bond donors (Lipinski definition) is 0. The Bertz CT molecular complexity index is 18.3. The van der Waals surface area contributed by atoms with Gasteiger partial charge in [-0.3, -0.25) is 0 Å². The van der Waals surface area contributed by atoms with Crippen LogP contribution in [-0.4, -0.2) is 18.6 Å². The van der Waals surface area contributed by atoms with Gasteiger partial charge in [-0.05, 0) is 12.0 Å². The molecule has 1 nitrogen and oxygen atoms in total. The molecule has 0 spiro atoms. The number of hydrogen-bond acceptors (Lipinski definition) is 2. The standard InChI is InChI=1S/C3H7OS.Na/c1-5-3-2-4;/h2-3H2,1H3;/q-1;+1. The van der Waals surface area contributed by atoms with Gasteiger partial charge in [0.15, 0.2) is 0 Å². The van der Waals surface area contributed by atoms with E-state index < -0.39 is 0 Å². The van der Waals surface area contributed by atoms with E-state index in [2.05, 4.69) is 0 Å². The van der Waals surface area contributed by atoms with Crippen LogP contribution in [0, 0.1) is 0 Å². The van der Waals surface area contributed by atoms with E-state index in [9.17, 15) is 5.11 Å². The van der Waals surface area contributed by atoms with E-state index in [-0.39, 0.29) is 36.2 Å². The van der Waals surface area contributed by atoms with E-state index in [1.54, 1.807) is 11.8 Å². The van der Waals surface area contributed by atoms with Crippen LogP contribution in [0.15, 0.2) is 0 Å². The van der Waals surface area contributed by atoms with Crippen LogP contribution in [0.3, 0.4) is 0 Å². The molecule has 0 aromatic carbocycles. The molecule has 3 heteroatoms. The summed E-state index contributed by atoms with van der Waals surface area (Å²) in [4.78, 5) is 0. The van der Waals surface area contributed by atoms with Gasteiger partial charge in [-0.1, -0.05) is 0 Å². The summed E-state index contributed by atoms with van der Waals surface area (Å²) in [7, 11) is 0. The van der Waals surface area contributed by atoms with Crippen molar-refractivity contribution in [1.29, 1.82) is 0 Å². The minimum Gasteiger partial charge on any atom is -0.854 e. The molecule has 0 saturated heterocycles. The van der Waals surface area contributed by atoms with Crippen molar-refractivity contribution >= 4 is 11.8 Å². The first-order valence-electron chi connectivity index (χ1n) is 1.49. The Morgan fingerprint density at radius 3 is 2.17 bits per heavy atom. The number of rotatable bonds is 2. The van der Waals surface area contributed by atoms with Gasteiger partial charge >= 0.3 is 29.6 Å². The van der Waals surface area contributed by atoms with Gasteiger partial charge in [0.1, 0.15) is 0 Å². The predicted octanol–water partition coefficient (Wildman–Crippen LogP) is -3.29. The summed E-state index contributed by atoms with van der Waals surface area (Å²) in [6.07, 6.45) is 1.93. The third kappa shape index (κ3) is 9.00. The molecule has 0 unspecified atom stereocenters. The summed E-state index contributed by atoms with van der Waals surface area (Å²) >= 11 is 1.59. The third-order valence-electron chi connectivity index (χ3n) is 0.287. The van der Waals surface area contributed by atoms with Gasteiger partial charge in [0.25, 0.3) is 0 Å². The third-order valence-corrected chi connectivity index (χ3v) is 0.862. The van der Waals surface area contributed by atoms with Crippen LogP contribution in [0.2, 0.25) is 0 Å². The molecule has 0 heterocycles. The zero-order chi connectivity index (χ0) is 4.12. The second kappa shape index (κ2) is 9.58. The van der Waals surface area contributed by atoms with Gasteiger partial charge in [-0.15, -0.1) is 6.61 Å². The molecule has 0 aromatic heterocycles. The summed E-state index contributed by atoms with van der Waals surface area (Å²) in [5, 5.41) is 9.51. The van der Waals surface area contributed by atoms with E-state index in [0.717, 1.165) is 5.75 Å². The van der Waals surface area contributed by atoms with Crippen LogP contribution in [0.25, 0.3) is 0 Å². The maximum absolute atomic E-state index is 9.51. The Morgan fingerprint density at radius 1 is 1.67 bits per heavy atom. The van der Waals surface area contributed by atoms with E-state index in [1.165, 1.54) is 0 Å².